The quantitative estimate of drug-likeness (QED) is 0.758. The van der Waals surface area contributed by atoms with Gasteiger partial charge in [-0.3, -0.25) is 9.59 Å². The van der Waals surface area contributed by atoms with Crippen molar-refractivity contribution in [1.82, 2.24) is 0 Å². The fourth-order valence-corrected chi connectivity index (χ4v) is 6.01. The molecule has 29 heavy (non-hydrogen) atoms. The molecule has 2 amide bonds. The lowest BCUT2D eigenvalue weighted by atomic mass is 9.89. The smallest absolute Gasteiger partial charge is 0.224 e. The van der Waals surface area contributed by atoms with Gasteiger partial charge < -0.3 is 10.6 Å². The minimum Gasteiger partial charge on any atom is -0.326 e. The van der Waals surface area contributed by atoms with Gasteiger partial charge in [0.2, 0.25) is 11.8 Å². The lowest BCUT2D eigenvalue weighted by Crippen LogP contribution is -2.25. The van der Waals surface area contributed by atoms with Crippen molar-refractivity contribution in [3.63, 3.8) is 0 Å². The summed E-state index contributed by atoms with van der Waals surface area (Å²) < 4.78 is 24.3. The zero-order chi connectivity index (χ0) is 21.0. The minimum atomic E-state index is -3.26. The van der Waals surface area contributed by atoms with Gasteiger partial charge in [-0.15, -0.1) is 0 Å². The molecule has 3 rings (SSSR count). The van der Waals surface area contributed by atoms with Gasteiger partial charge >= 0.3 is 0 Å². The van der Waals surface area contributed by atoms with E-state index in [0.29, 0.717) is 11.4 Å². The number of carbonyl (C=O) groups is 2. The summed E-state index contributed by atoms with van der Waals surface area (Å²) in [5.74, 6) is -1.32. The third-order valence-electron chi connectivity index (χ3n) is 5.10. The predicted molar refractivity (Wildman–Crippen MR) is 114 cm³/mol. The topological polar surface area (TPSA) is 92.3 Å². The molecule has 0 aromatic heterocycles. The molecule has 0 aliphatic carbocycles. The van der Waals surface area contributed by atoms with Crippen molar-refractivity contribution in [1.29, 1.82) is 0 Å². The molecule has 2 atom stereocenters. The van der Waals surface area contributed by atoms with Crippen molar-refractivity contribution < 1.29 is 18.0 Å². The van der Waals surface area contributed by atoms with Crippen LogP contribution in [-0.4, -0.2) is 31.7 Å². The maximum Gasteiger partial charge on any atom is 0.224 e. The molecule has 1 heterocycles. The standard InChI is InChI=1S/C22H26N2O4S/c1-15-5-3-7-19(9-15)23-21(25)11-17-13-29(27,28)14-18(17)12-22(26)24-20-8-4-6-16(2)10-20/h3-10,17-18H,11-14H2,1-2H3,(H,23,25)(H,24,26). The Bertz CT molecular complexity index is 941. The number of aryl methyl sites for hydroxylation is 2. The van der Waals surface area contributed by atoms with E-state index >= 15 is 0 Å². The highest BCUT2D eigenvalue weighted by Crippen LogP contribution is 2.31. The second-order valence-electron chi connectivity index (χ2n) is 7.84. The second kappa shape index (κ2) is 8.78. The Morgan fingerprint density at radius 1 is 0.828 bits per heavy atom. The van der Waals surface area contributed by atoms with Crippen LogP contribution in [0.15, 0.2) is 48.5 Å². The van der Waals surface area contributed by atoms with Crippen LogP contribution in [0.3, 0.4) is 0 Å². The van der Waals surface area contributed by atoms with Gasteiger partial charge in [-0.25, -0.2) is 8.42 Å². The number of hydrogen-bond donors (Lipinski definition) is 2. The predicted octanol–water partition coefficient (Wildman–Crippen LogP) is 3.32. The molecule has 1 fully saturated rings. The third-order valence-corrected chi connectivity index (χ3v) is 6.97. The van der Waals surface area contributed by atoms with Gasteiger partial charge in [-0.05, 0) is 61.1 Å². The van der Waals surface area contributed by atoms with Crippen LogP contribution in [-0.2, 0) is 19.4 Å². The van der Waals surface area contributed by atoms with Crippen LogP contribution in [0.25, 0.3) is 0 Å². The molecule has 1 aliphatic rings. The van der Waals surface area contributed by atoms with Gasteiger partial charge in [-0.1, -0.05) is 24.3 Å². The third kappa shape index (κ3) is 6.15. The summed E-state index contributed by atoms with van der Waals surface area (Å²) in [7, 11) is -3.26. The molecule has 0 bridgehead atoms. The van der Waals surface area contributed by atoms with E-state index in [4.69, 9.17) is 0 Å². The first-order chi connectivity index (χ1) is 13.7. The first-order valence-electron chi connectivity index (χ1n) is 9.64. The number of benzene rings is 2. The molecule has 154 valence electrons. The molecular formula is C22H26N2O4S. The van der Waals surface area contributed by atoms with Crippen molar-refractivity contribution in [2.24, 2.45) is 11.8 Å². The summed E-state index contributed by atoms with van der Waals surface area (Å²) in [5, 5.41) is 5.65. The number of amides is 2. The van der Waals surface area contributed by atoms with Crippen LogP contribution in [0.5, 0.6) is 0 Å². The molecule has 2 aromatic carbocycles. The number of carbonyl (C=O) groups excluding carboxylic acids is 2. The Kier molecular flexibility index (Phi) is 6.37. The monoisotopic (exact) mass is 414 g/mol. The summed E-state index contributed by atoms with van der Waals surface area (Å²) in [4.78, 5) is 24.9. The molecule has 6 nitrogen and oxygen atoms in total. The molecule has 7 heteroatoms. The number of hydrogen-bond acceptors (Lipinski definition) is 4. The summed E-state index contributed by atoms with van der Waals surface area (Å²) in [6.45, 7) is 3.87. The molecule has 0 saturated carbocycles. The lowest BCUT2D eigenvalue weighted by molar-refractivity contribution is -0.119. The zero-order valence-electron chi connectivity index (χ0n) is 16.6. The summed E-state index contributed by atoms with van der Waals surface area (Å²) >= 11 is 0. The van der Waals surface area contributed by atoms with Crippen LogP contribution in [0, 0.1) is 25.7 Å². The molecule has 0 spiro atoms. The minimum absolute atomic E-state index is 0.0589. The van der Waals surface area contributed by atoms with Gasteiger partial charge in [-0.2, -0.15) is 0 Å². The zero-order valence-corrected chi connectivity index (χ0v) is 17.5. The lowest BCUT2D eigenvalue weighted by Gasteiger charge is -2.17. The highest BCUT2D eigenvalue weighted by atomic mass is 32.2. The van der Waals surface area contributed by atoms with Crippen LogP contribution in [0.4, 0.5) is 11.4 Å². The van der Waals surface area contributed by atoms with Gasteiger partial charge in [0.05, 0.1) is 11.5 Å². The number of nitrogens with one attached hydrogen (secondary N) is 2. The normalized spacial score (nSPS) is 20.2. The van der Waals surface area contributed by atoms with Crippen molar-refractivity contribution in [3.8, 4) is 0 Å². The number of rotatable bonds is 6. The molecule has 1 aliphatic heterocycles. The highest BCUT2D eigenvalue weighted by molar-refractivity contribution is 7.91. The summed E-state index contributed by atoms with van der Waals surface area (Å²) in [6.07, 6.45) is 0.158. The molecule has 2 N–H and O–H groups in total. The van der Waals surface area contributed by atoms with Gasteiger partial charge in [0.15, 0.2) is 9.84 Å². The number of anilines is 2. The maximum atomic E-state index is 12.4. The molecule has 2 unspecified atom stereocenters. The average molecular weight is 415 g/mol. The van der Waals surface area contributed by atoms with Crippen LogP contribution in [0.2, 0.25) is 0 Å². The average Bonchev–Trinajstić information content (AvgIpc) is 2.87. The van der Waals surface area contributed by atoms with Crippen LogP contribution < -0.4 is 10.6 Å². The van der Waals surface area contributed by atoms with E-state index in [1.165, 1.54) is 0 Å². The van der Waals surface area contributed by atoms with Gasteiger partial charge in [0.25, 0.3) is 0 Å². The fourth-order valence-electron chi connectivity index (χ4n) is 3.79. The van der Waals surface area contributed by atoms with Gasteiger partial charge in [0.1, 0.15) is 0 Å². The van der Waals surface area contributed by atoms with E-state index in [1.807, 2.05) is 50.2 Å². The Balaban J connectivity index is 1.62. The van der Waals surface area contributed by atoms with Crippen molar-refractivity contribution >= 4 is 33.0 Å². The van der Waals surface area contributed by atoms with Crippen LogP contribution in [0.1, 0.15) is 24.0 Å². The van der Waals surface area contributed by atoms with Gasteiger partial charge in [0, 0.05) is 24.2 Å². The van der Waals surface area contributed by atoms with Crippen LogP contribution >= 0.6 is 0 Å². The summed E-state index contributed by atoms with van der Waals surface area (Å²) in [6, 6.07) is 14.9. The molecule has 0 radical (unpaired) electrons. The largest absolute Gasteiger partial charge is 0.326 e. The van der Waals surface area contributed by atoms with E-state index in [2.05, 4.69) is 10.6 Å². The van der Waals surface area contributed by atoms with Crippen molar-refractivity contribution in [2.75, 3.05) is 22.1 Å². The SMILES string of the molecule is Cc1cccc(NC(=O)CC2CS(=O)(=O)CC2CC(=O)Nc2cccc(C)c2)c1. The Hall–Kier alpha value is -2.67. The van der Waals surface area contributed by atoms with Crippen molar-refractivity contribution in [2.45, 2.75) is 26.7 Å². The molecule has 2 aromatic rings. The fraction of sp³-hybridized carbons (Fsp3) is 0.364. The number of sulfone groups is 1. The first kappa shape index (κ1) is 21.0. The Labute approximate surface area is 171 Å². The Morgan fingerprint density at radius 2 is 1.24 bits per heavy atom. The van der Waals surface area contributed by atoms with E-state index in [-0.39, 0.29) is 48.0 Å². The highest BCUT2D eigenvalue weighted by Gasteiger charge is 2.39. The van der Waals surface area contributed by atoms with E-state index in [1.54, 1.807) is 12.1 Å². The van der Waals surface area contributed by atoms with E-state index < -0.39 is 9.84 Å². The molecule has 1 saturated heterocycles. The van der Waals surface area contributed by atoms with Crippen molar-refractivity contribution in [3.05, 3.63) is 59.7 Å². The Morgan fingerprint density at radius 3 is 1.62 bits per heavy atom. The first-order valence-corrected chi connectivity index (χ1v) is 11.5. The second-order valence-corrected chi connectivity index (χ2v) is 9.99. The van der Waals surface area contributed by atoms with E-state index in [0.717, 1.165) is 11.1 Å². The molecular weight excluding hydrogens is 388 g/mol. The summed E-state index contributed by atoms with van der Waals surface area (Å²) in [5.41, 5.74) is 3.42. The maximum absolute atomic E-state index is 12.4. The van der Waals surface area contributed by atoms with E-state index in [9.17, 15) is 18.0 Å².